The number of para-hydroxylation sites is 1. The lowest BCUT2D eigenvalue weighted by atomic mass is 10.3. The Labute approximate surface area is 102 Å². The highest BCUT2D eigenvalue weighted by Gasteiger charge is 2.05. The summed E-state index contributed by atoms with van der Waals surface area (Å²) in [6, 6.07) is 7.86. The maximum absolute atomic E-state index is 8.52. The molecule has 0 radical (unpaired) electrons. The molecule has 84 valence electrons. The minimum absolute atomic E-state index is 0.0549. The normalized spacial score (nSPS) is 10.3. The van der Waals surface area contributed by atoms with Gasteiger partial charge in [0.05, 0.1) is 12.3 Å². The molecule has 0 spiro atoms. The molecule has 1 aromatic rings. The van der Waals surface area contributed by atoms with Gasteiger partial charge in [0.25, 0.3) is 0 Å². The first-order valence-corrected chi connectivity index (χ1v) is 5.90. The van der Waals surface area contributed by atoms with Crippen LogP contribution in [0.1, 0.15) is 0 Å². The summed E-state index contributed by atoms with van der Waals surface area (Å²) in [4.78, 5) is 0. The zero-order valence-corrected chi connectivity index (χ0v) is 10.7. The monoisotopic (exact) mass is 292 g/mol. The van der Waals surface area contributed by atoms with E-state index in [2.05, 4.69) is 21.4 Å². The summed E-state index contributed by atoms with van der Waals surface area (Å²) < 4.78 is 7.93. The van der Waals surface area contributed by atoms with E-state index < -0.39 is 0 Å². The summed E-state index contributed by atoms with van der Waals surface area (Å²) >= 11 is 4.61. The maximum Gasteiger partial charge on any atom is 0.135 e. The number of hydrogen-bond donors (Lipinski definition) is 2. The lowest BCUT2D eigenvalue weighted by Crippen LogP contribution is -2.19. The Hall–Kier alpha value is -0.270. The first-order valence-electron chi connectivity index (χ1n) is 4.41. The summed E-state index contributed by atoms with van der Waals surface area (Å²) in [5.74, 6) is 0. The number of nitrogens with zero attached hydrogens (tertiary/aromatic N) is 1. The molecule has 0 heterocycles. The predicted octanol–water partition coefficient (Wildman–Crippen LogP) is 1.96. The number of aliphatic hydroxyl groups excluding tert-OH is 1. The third-order valence-corrected chi connectivity index (χ3v) is 2.90. The van der Waals surface area contributed by atoms with Crippen molar-refractivity contribution in [3.8, 4) is 0 Å². The average Bonchev–Trinajstić information content (AvgIpc) is 2.25. The zero-order chi connectivity index (χ0) is 11.1. The number of nitrogens with one attached hydrogen (secondary N) is 1. The number of halogens is 1. The first kappa shape index (κ1) is 12.8. The van der Waals surface area contributed by atoms with E-state index in [0.29, 0.717) is 6.54 Å². The van der Waals surface area contributed by atoms with Gasteiger partial charge in [0.15, 0.2) is 0 Å². The molecule has 0 saturated heterocycles. The van der Waals surface area contributed by atoms with Gasteiger partial charge >= 0.3 is 0 Å². The Morgan fingerprint density at radius 1 is 1.53 bits per heavy atom. The Kier molecular flexibility index (Phi) is 6.04. The number of hydrogen-bond acceptors (Lipinski definition) is 5. The molecule has 0 aromatic heterocycles. The van der Waals surface area contributed by atoms with Gasteiger partial charge in [0, 0.05) is 18.1 Å². The Morgan fingerprint density at radius 3 is 2.93 bits per heavy atom. The van der Waals surface area contributed by atoms with Crippen LogP contribution in [0.2, 0.25) is 0 Å². The summed E-state index contributed by atoms with van der Waals surface area (Å²) in [7, 11) is 1.89. The second kappa shape index (κ2) is 7.08. The van der Waals surface area contributed by atoms with Gasteiger partial charge < -0.3 is 5.11 Å². The molecule has 0 unspecified atom stereocenters. The highest BCUT2D eigenvalue weighted by Crippen LogP contribution is 2.28. The largest absolute Gasteiger partial charge is 0.395 e. The van der Waals surface area contributed by atoms with Gasteiger partial charge in [-0.1, -0.05) is 12.1 Å². The molecular weight excluding hydrogens is 280 g/mol. The lowest BCUT2D eigenvalue weighted by molar-refractivity contribution is 0.191. The summed E-state index contributed by atoms with van der Waals surface area (Å²) in [5, 5.41) is 8.52. The van der Waals surface area contributed by atoms with E-state index in [0.717, 1.165) is 22.4 Å². The second-order valence-corrected chi connectivity index (χ2v) is 4.44. The highest BCUT2D eigenvalue weighted by atomic mass is 79.9. The van der Waals surface area contributed by atoms with Crippen molar-refractivity contribution >= 4 is 33.8 Å². The summed E-state index contributed by atoms with van der Waals surface area (Å²) in [6.07, 6.45) is 0. The summed E-state index contributed by atoms with van der Waals surface area (Å²) in [6.45, 7) is 0.468. The number of anilines is 1. The van der Waals surface area contributed by atoms with E-state index in [4.69, 9.17) is 9.39 Å². The molecule has 1 rings (SSSR count). The van der Waals surface area contributed by atoms with E-state index in [9.17, 15) is 0 Å². The Bertz CT molecular complexity index is 301. The molecule has 0 atom stereocenters. The quantitative estimate of drug-likeness (QED) is 0.363. The van der Waals surface area contributed by atoms with E-state index in [1.54, 1.807) is 0 Å². The van der Waals surface area contributed by atoms with Crippen molar-refractivity contribution in [2.24, 2.45) is 0 Å². The van der Waals surface area contributed by atoms with Gasteiger partial charge in [-0.15, -0.1) is 0 Å². The zero-order valence-electron chi connectivity index (χ0n) is 8.31. The van der Waals surface area contributed by atoms with E-state index in [1.807, 2.05) is 35.6 Å². The van der Waals surface area contributed by atoms with Crippen LogP contribution >= 0.6 is 28.2 Å². The van der Waals surface area contributed by atoms with Crippen LogP contribution in [0.15, 0.2) is 28.7 Å². The van der Waals surface area contributed by atoms with Gasteiger partial charge in [0.2, 0.25) is 0 Å². The van der Waals surface area contributed by atoms with E-state index >= 15 is 0 Å². The van der Waals surface area contributed by atoms with Crippen LogP contribution in [-0.4, -0.2) is 25.3 Å². The van der Waals surface area contributed by atoms with Crippen LogP contribution < -0.4 is 9.79 Å². The van der Waals surface area contributed by atoms with Crippen molar-refractivity contribution in [1.82, 2.24) is 5.48 Å². The second-order valence-electron chi connectivity index (χ2n) is 2.72. The molecule has 0 aliphatic carbocycles. The molecule has 6 heteroatoms. The van der Waals surface area contributed by atoms with Gasteiger partial charge in [-0.3, -0.25) is 4.31 Å². The molecule has 0 aliphatic rings. The van der Waals surface area contributed by atoms with Crippen LogP contribution in [0.3, 0.4) is 0 Å². The van der Waals surface area contributed by atoms with Gasteiger partial charge in [-0.2, -0.15) is 5.48 Å². The fourth-order valence-corrected chi connectivity index (χ4v) is 2.07. The third kappa shape index (κ3) is 4.40. The third-order valence-electron chi connectivity index (χ3n) is 1.61. The molecular formula is C9H13BrN2O2S. The van der Waals surface area contributed by atoms with Gasteiger partial charge in [-0.25, -0.2) is 4.28 Å². The standard InChI is InChI=1S/C9H13BrN2O2S/c1-12(15-14-11-6-7-13)9-5-3-2-4-8(9)10/h2-5,11,13H,6-7H2,1H3. The van der Waals surface area contributed by atoms with Crippen LogP contribution in [0.5, 0.6) is 0 Å². The van der Waals surface area contributed by atoms with Gasteiger partial charge in [-0.05, 0) is 28.1 Å². The molecule has 0 bridgehead atoms. The van der Waals surface area contributed by atoms with Crippen LogP contribution in [0.4, 0.5) is 5.69 Å². The van der Waals surface area contributed by atoms with Crippen LogP contribution in [0, 0.1) is 0 Å². The van der Waals surface area contributed by atoms with Crippen molar-refractivity contribution in [3.63, 3.8) is 0 Å². The molecule has 2 N–H and O–H groups in total. The molecule has 15 heavy (non-hydrogen) atoms. The fraction of sp³-hybridized carbons (Fsp3) is 0.333. The number of hydroxylamine groups is 1. The smallest absolute Gasteiger partial charge is 0.135 e. The number of benzene rings is 1. The predicted molar refractivity (Wildman–Crippen MR) is 66.3 cm³/mol. The molecule has 0 aliphatic heterocycles. The summed E-state index contributed by atoms with van der Waals surface area (Å²) in [5.41, 5.74) is 3.63. The van der Waals surface area contributed by atoms with Crippen molar-refractivity contribution < 1.29 is 9.39 Å². The van der Waals surface area contributed by atoms with Crippen molar-refractivity contribution in [1.29, 1.82) is 0 Å². The number of aliphatic hydroxyl groups is 1. The molecule has 0 fully saturated rings. The molecule has 0 amide bonds. The minimum Gasteiger partial charge on any atom is -0.395 e. The lowest BCUT2D eigenvalue weighted by Gasteiger charge is -2.17. The average molecular weight is 293 g/mol. The van der Waals surface area contributed by atoms with Gasteiger partial charge in [0.1, 0.15) is 12.2 Å². The molecule has 4 nitrogen and oxygen atoms in total. The van der Waals surface area contributed by atoms with Crippen molar-refractivity contribution in [3.05, 3.63) is 28.7 Å². The topological polar surface area (TPSA) is 44.7 Å². The van der Waals surface area contributed by atoms with Crippen molar-refractivity contribution in [2.75, 3.05) is 24.5 Å². The highest BCUT2D eigenvalue weighted by molar-refractivity contribution is 9.10. The van der Waals surface area contributed by atoms with Crippen LogP contribution in [-0.2, 0) is 4.28 Å². The number of rotatable bonds is 6. The van der Waals surface area contributed by atoms with E-state index in [-0.39, 0.29) is 6.61 Å². The maximum atomic E-state index is 8.52. The van der Waals surface area contributed by atoms with Crippen molar-refractivity contribution in [2.45, 2.75) is 0 Å². The molecule has 0 saturated carbocycles. The SMILES string of the molecule is CN(SONCCO)c1ccccc1Br. The Balaban J connectivity index is 2.40. The van der Waals surface area contributed by atoms with Crippen LogP contribution in [0.25, 0.3) is 0 Å². The van der Waals surface area contributed by atoms with E-state index in [1.165, 1.54) is 0 Å². The Morgan fingerprint density at radius 2 is 2.27 bits per heavy atom. The molecule has 1 aromatic carbocycles. The minimum atomic E-state index is 0.0549. The fourth-order valence-electron chi connectivity index (χ4n) is 0.917. The first-order chi connectivity index (χ1) is 7.25.